The highest BCUT2D eigenvalue weighted by Crippen LogP contribution is 2.27. The maximum atomic E-state index is 11.9. The number of nitrogens with one attached hydrogen (secondary N) is 2. The van der Waals surface area contributed by atoms with E-state index in [1.165, 1.54) is 13.4 Å². The van der Waals surface area contributed by atoms with Crippen LogP contribution in [0.2, 0.25) is 5.02 Å². The number of amides is 2. The van der Waals surface area contributed by atoms with Gasteiger partial charge in [-0.2, -0.15) is 5.10 Å². The first kappa shape index (κ1) is 15.1. The summed E-state index contributed by atoms with van der Waals surface area (Å²) in [6.07, 6.45) is 1.44. The third-order valence-corrected chi connectivity index (χ3v) is 3.19. The molecule has 1 heterocycles. The van der Waals surface area contributed by atoms with Crippen molar-refractivity contribution in [3.63, 3.8) is 0 Å². The summed E-state index contributed by atoms with van der Waals surface area (Å²) >= 11 is 6.00. The Hall–Kier alpha value is -2.28. The fraction of sp³-hybridized carbons (Fsp3) is 0.308. The molecule has 1 atom stereocenters. The van der Waals surface area contributed by atoms with Crippen LogP contribution in [0.25, 0.3) is 0 Å². The van der Waals surface area contributed by atoms with Gasteiger partial charge in [0.2, 0.25) is 0 Å². The van der Waals surface area contributed by atoms with E-state index in [0.717, 1.165) is 0 Å². The van der Waals surface area contributed by atoms with Crippen LogP contribution in [0.3, 0.4) is 0 Å². The molecule has 1 aromatic carbocycles. The van der Waals surface area contributed by atoms with E-state index in [2.05, 4.69) is 20.7 Å². The first-order valence-electron chi connectivity index (χ1n) is 6.26. The maximum absolute atomic E-state index is 11.9. The van der Waals surface area contributed by atoms with Crippen molar-refractivity contribution in [1.82, 2.24) is 20.1 Å². The standard InChI is InChI=1S/C13H16ClN5O2/c1-8(12-15-7-16-19(12)2)17-13(20)18-9-4-5-11(21-3)10(14)6-9/h4-8H,1-3H3,(H2,17,18,20). The summed E-state index contributed by atoms with van der Waals surface area (Å²) in [6.45, 7) is 1.82. The van der Waals surface area contributed by atoms with Gasteiger partial charge in [0.25, 0.3) is 0 Å². The Bertz CT molecular complexity index is 643. The lowest BCUT2D eigenvalue weighted by Crippen LogP contribution is -2.32. The molecular weight excluding hydrogens is 294 g/mol. The summed E-state index contributed by atoms with van der Waals surface area (Å²) in [5.74, 6) is 1.22. The smallest absolute Gasteiger partial charge is 0.319 e. The number of carbonyl (C=O) groups is 1. The highest BCUT2D eigenvalue weighted by Gasteiger charge is 2.14. The van der Waals surface area contributed by atoms with Crippen molar-refractivity contribution >= 4 is 23.3 Å². The second-order valence-electron chi connectivity index (χ2n) is 4.41. The fourth-order valence-electron chi connectivity index (χ4n) is 1.87. The van der Waals surface area contributed by atoms with Gasteiger partial charge in [0.05, 0.1) is 18.2 Å². The number of ether oxygens (including phenoxy) is 1. The van der Waals surface area contributed by atoms with Crippen LogP contribution in [-0.4, -0.2) is 27.9 Å². The second-order valence-corrected chi connectivity index (χ2v) is 4.82. The van der Waals surface area contributed by atoms with E-state index in [1.807, 2.05) is 6.92 Å². The molecule has 0 saturated heterocycles. The van der Waals surface area contributed by atoms with Crippen molar-refractivity contribution in [2.75, 3.05) is 12.4 Å². The molecule has 21 heavy (non-hydrogen) atoms. The Kier molecular flexibility index (Phi) is 4.64. The van der Waals surface area contributed by atoms with Crippen LogP contribution < -0.4 is 15.4 Å². The van der Waals surface area contributed by atoms with E-state index in [4.69, 9.17) is 16.3 Å². The normalized spacial score (nSPS) is 11.8. The molecule has 0 bridgehead atoms. The summed E-state index contributed by atoms with van der Waals surface area (Å²) in [7, 11) is 3.30. The van der Waals surface area contributed by atoms with Crippen LogP contribution in [0.4, 0.5) is 10.5 Å². The molecule has 0 saturated carbocycles. The molecule has 112 valence electrons. The molecule has 1 aromatic heterocycles. The lowest BCUT2D eigenvalue weighted by molar-refractivity contribution is 0.248. The molecular formula is C13H16ClN5O2. The number of methoxy groups -OCH3 is 1. The van der Waals surface area contributed by atoms with Crippen LogP contribution in [0.1, 0.15) is 18.8 Å². The van der Waals surface area contributed by atoms with Gasteiger partial charge in [-0.05, 0) is 25.1 Å². The number of hydrogen-bond acceptors (Lipinski definition) is 4. The molecule has 0 aliphatic carbocycles. The molecule has 0 aliphatic heterocycles. The number of aromatic nitrogens is 3. The lowest BCUT2D eigenvalue weighted by Gasteiger charge is -2.14. The van der Waals surface area contributed by atoms with E-state index in [1.54, 1.807) is 29.9 Å². The van der Waals surface area contributed by atoms with E-state index < -0.39 is 0 Å². The summed E-state index contributed by atoms with van der Waals surface area (Å²) in [6, 6.07) is 4.38. The van der Waals surface area contributed by atoms with Crippen LogP contribution >= 0.6 is 11.6 Å². The van der Waals surface area contributed by atoms with Crippen molar-refractivity contribution in [1.29, 1.82) is 0 Å². The molecule has 0 aliphatic rings. The number of benzene rings is 1. The number of anilines is 1. The Morgan fingerprint density at radius 2 is 2.24 bits per heavy atom. The Labute approximate surface area is 127 Å². The predicted octanol–water partition coefficient (Wildman–Crippen LogP) is 2.36. The van der Waals surface area contributed by atoms with Gasteiger partial charge >= 0.3 is 6.03 Å². The fourth-order valence-corrected chi connectivity index (χ4v) is 2.13. The number of nitrogens with zero attached hydrogens (tertiary/aromatic N) is 3. The number of carbonyl (C=O) groups excluding carboxylic acids is 1. The molecule has 7 nitrogen and oxygen atoms in total. The van der Waals surface area contributed by atoms with Gasteiger partial charge in [0, 0.05) is 12.7 Å². The molecule has 1 unspecified atom stereocenters. The summed E-state index contributed by atoms with van der Waals surface area (Å²) in [4.78, 5) is 16.0. The molecule has 2 N–H and O–H groups in total. The molecule has 8 heteroatoms. The number of urea groups is 1. The zero-order valence-electron chi connectivity index (χ0n) is 11.9. The first-order valence-corrected chi connectivity index (χ1v) is 6.64. The zero-order valence-corrected chi connectivity index (χ0v) is 12.7. The van der Waals surface area contributed by atoms with Gasteiger partial charge < -0.3 is 15.4 Å². The van der Waals surface area contributed by atoms with Gasteiger partial charge in [0.15, 0.2) is 0 Å². The molecule has 0 fully saturated rings. The Morgan fingerprint density at radius 3 is 2.81 bits per heavy atom. The molecule has 0 radical (unpaired) electrons. The van der Waals surface area contributed by atoms with Gasteiger partial charge in [0.1, 0.15) is 17.9 Å². The van der Waals surface area contributed by atoms with Gasteiger partial charge in [-0.1, -0.05) is 11.6 Å². The third-order valence-electron chi connectivity index (χ3n) is 2.89. The first-order chi connectivity index (χ1) is 10.0. The van der Waals surface area contributed by atoms with Gasteiger partial charge in [-0.3, -0.25) is 4.68 Å². The minimum atomic E-state index is -0.355. The van der Waals surface area contributed by atoms with Crippen LogP contribution in [0.15, 0.2) is 24.5 Å². The molecule has 2 aromatic rings. The summed E-state index contributed by atoms with van der Waals surface area (Å²) in [5.41, 5.74) is 0.573. The van der Waals surface area contributed by atoms with Crippen molar-refractivity contribution in [2.45, 2.75) is 13.0 Å². The maximum Gasteiger partial charge on any atom is 0.319 e. The molecule has 0 spiro atoms. The van der Waals surface area contributed by atoms with Crippen LogP contribution in [0, 0.1) is 0 Å². The average Bonchev–Trinajstić information content (AvgIpc) is 2.85. The van der Waals surface area contributed by atoms with E-state index in [0.29, 0.717) is 22.3 Å². The summed E-state index contributed by atoms with van der Waals surface area (Å²) in [5, 5.41) is 9.86. The van der Waals surface area contributed by atoms with E-state index in [9.17, 15) is 4.79 Å². The van der Waals surface area contributed by atoms with Crippen LogP contribution in [0.5, 0.6) is 5.75 Å². The van der Waals surface area contributed by atoms with Gasteiger partial charge in [-0.25, -0.2) is 9.78 Å². The van der Waals surface area contributed by atoms with Gasteiger partial charge in [-0.15, -0.1) is 0 Å². The second kappa shape index (κ2) is 6.45. The third kappa shape index (κ3) is 3.63. The van der Waals surface area contributed by atoms with Crippen molar-refractivity contribution in [2.24, 2.45) is 7.05 Å². The monoisotopic (exact) mass is 309 g/mol. The van der Waals surface area contributed by atoms with Crippen molar-refractivity contribution in [3.8, 4) is 5.75 Å². The minimum absolute atomic E-state index is 0.272. The summed E-state index contributed by atoms with van der Waals surface area (Å²) < 4.78 is 6.66. The number of aryl methyl sites for hydroxylation is 1. The van der Waals surface area contributed by atoms with E-state index in [-0.39, 0.29) is 12.1 Å². The zero-order chi connectivity index (χ0) is 15.4. The minimum Gasteiger partial charge on any atom is -0.495 e. The Morgan fingerprint density at radius 1 is 1.48 bits per heavy atom. The highest BCUT2D eigenvalue weighted by molar-refractivity contribution is 6.32. The number of rotatable bonds is 4. The Balaban J connectivity index is 1.99. The average molecular weight is 310 g/mol. The molecule has 2 amide bonds. The lowest BCUT2D eigenvalue weighted by atomic mass is 10.3. The SMILES string of the molecule is COc1ccc(NC(=O)NC(C)c2ncnn2C)cc1Cl. The highest BCUT2D eigenvalue weighted by atomic mass is 35.5. The predicted molar refractivity (Wildman–Crippen MR) is 79.6 cm³/mol. The van der Waals surface area contributed by atoms with Crippen molar-refractivity contribution < 1.29 is 9.53 Å². The molecule has 2 rings (SSSR count). The quantitative estimate of drug-likeness (QED) is 0.908. The number of hydrogen-bond donors (Lipinski definition) is 2. The van der Waals surface area contributed by atoms with Crippen molar-refractivity contribution in [3.05, 3.63) is 35.4 Å². The largest absolute Gasteiger partial charge is 0.495 e. The number of halogens is 1. The van der Waals surface area contributed by atoms with E-state index >= 15 is 0 Å². The van der Waals surface area contributed by atoms with Crippen LogP contribution in [-0.2, 0) is 7.05 Å². The topological polar surface area (TPSA) is 81.1 Å².